The van der Waals surface area contributed by atoms with E-state index in [1.807, 2.05) is 19.9 Å². The minimum atomic E-state index is -0.400. The SMILES string of the molecule is CC[C@@H]1COCCN1C(=O)N[C@H](C)c1ccc(C)c([N+](=O)[O-])c1. The van der Waals surface area contributed by atoms with Gasteiger partial charge in [-0.3, -0.25) is 10.1 Å². The predicted octanol–water partition coefficient (Wildman–Crippen LogP) is 2.78. The largest absolute Gasteiger partial charge is 0.377 e. The van der Waals surface area contributed by atoms with Gasteiger partial charge in [0.15, 0.2) is 0 Å². The first-order valence-corrected chi connectivity index (χ1v) is 7.83. The Hall–Kier alpha value is -2.15. The zero-order valence-corrected chi connectivity index (χ0v) is 13.7. The molecule has 2 amide bonds. The Kier molecular flexibility index (Phi) is 5.54. The molecular weight excluding hydrogens is 298 g/mol. The molecule has 7 heteroatoms. The summed E-state index contributed by atoms with van der Waals surface area (Å²) in [5.41, 5.74) is 1.40. The topological polar surface area (TPSA) is 84.7 Å². The van der Waals surface area contributed by atoms with Gasteiger partial charge in [0.25, 0.3) is 5.69 Å². The van der Waals surface area contributed by atoms with Crippen molar-refractivity contribution in [3.63, 3.8) is 0 Å². The summed E-state index contributed by atoms with van der Waals surface area (Å²) >= 11 is 0. The highest BCUT2D eigenvalue weighted by Gasteiger charge is 2.27. The van der Waals surface area contributed by atoms with Crippen LogP contribution in [0.15, 0.2) is 18.2 Å². The monoisotopic (exact) mass is 321 g/mol. The van der Waals surface area contributed by atoms with E-state index in [0.717, 1.165) is 12.0 Å². The summed E-state index contributed by atoms with van der Waals surface area (Å²) in [5, 5.41) is 14.0. The quantitative estimate of drug-likeness (QED) is 0.682. The molecule has 126 valence electrons. The lowest BCUT2D eigenvalue weighted by molar-refractivity contribution is -0.385. The van der Waals surface area contributed by atoms with Crippen molar-refractivity contribution in [2.24, 2.45) is 0 Å². The zero-order chi connectivity index (χ0) is 17.0. The summed E-state index contributed by atoms with van der Waals surface area (Å²) < 4.78 is 5.40. The van der Waals surface area contributed by atoms with Crippen LogP contribution in [0.3, 0.4) is 0 Å². The van der Waals surface area contributed by atoms with Crippen molar-refractivity contribution < 1.29 is 14.5 Å². The van der Waals surface area contributed by atoms with E-state index < -0.39 is 4.92 Å². The number of benzene rings is 1. The number of nitrogens with one attached hydrogen (secondary N) is 1. The van der Waals surface area contributed by atoms with Crippen molar-refractivity contribution >= 4 is 11.7 Å². The summed E-state index contributed by atoms with van der Waals surface area (Å²) in [4.78, 5) is 24.9. The van der Waals surface area contributed by atoms with Crippen LogP contribution in [0.25, 0.3) is 0 Å². The molecule has 2 atom stereocenters. The molecule has 1 heterocycles. The smallest absolute Gasteiger partial charge is 0.318 e. The lowest BCUT2D eigenvalue weighted by atomic mass is 10.0. The van der Waals surface area contributed by atoms with E-state index in [1.165, 1.54) is 6.07 Å². The lowest BCUT2D eigenvalue weighted by Crippen LogP contribution is -2.52. The van der Waals surface area contributed by atoms with Crippen molar-refractivity contribution in [2.45, 2.75) is 39.3 Å². The maximum absolute atomic E-state index is 12.5. The Bertz CT molecular complexity index is 591. The summed E-state index contributed by atoms with van der Waals surface area (Å²) in [6.07, 6.45) is 0.831. The molecule has 0 aliphatic carbocycles. The molecule has 0 saturated carbocycles. The number of amides is 2. The molecule has 1 fully saturated rings. The number of urea groups is 1. The number of nitro groups is 1. The predicted molar refractivity (Wildman–Crippen MR) is 86.4 cm³/mol. The fourth-order valence-electron chi connectivity index (χ4n) is 2.70. The zero-order valence-electron chi connectivity index (χ0n) is 13.7. The molecule has 1 aliphatic rings. The Balaban J connectivity index is 2.09. The second-order valence-electron chi connectivity index (χ2n) is 5.80. The van der Waals surface area contributed by atoms with Gasteiger partial charge in [0, 0.05) is 18.2 Å². The van der Waals surface area contributed by atoms with Crippen LogP contribution in [0.4, 0.5) is 10.5 Å². The number of carbonyl (C=O) groups excluding carboxylic acids is 1. The minimum Gasteiger partial charge on any atom is -0.377 e. The Morgan fingerprint density at radius 2 is 2.30 bits per heavy atom. The van der Waals surface area contributed by atoms with Gasteiger partial charge in [-0.2, -0.15) is 0 Å². The molecule has 0 spiro atoms. The van der Waals surface area contributed by atoms with E-state index in [4.69, 9.17) is 4.74 Å². The first kappa shape index (κ1) is 17.2. The van der Waals surface area contributed by atoms with Gasteiger partial charge in [-0.25, -0.2) is 4.79 Å². The summed E-state index contributed by atoms with van der Waals surface area (Å²) in [6, 6.07) is 4.65. The van der Waals surface area contributed by atoms with Crippen molar-refractivity contribution in [3.8, 4) is 0 Å². The molecule has 7 nitrogen and oxygen atoms in total. The van der Waals surface area contributed by atoms with Crippen molar-refractivity contribution in [3.05, 3.63) is 39.4 Å². The number of nitrogens with zero attached hydrogens (tertiary/aromatic N) is 2. The van der Waals surface area contributed by atoms with E-state index >= 15 is 0 Å². The molecule has 1 aromatic carbocycles. The lowest BCUT2D eigenvalue weighted by Gasteiger charge is -2.35. The average Bonchev–Trinajstić information content (AvgIpc) is 2.54. The highest BCUT2D eigenvalue weighted by molar-refractivity contribution is 5.75. The minimum absolute atomic E-state index is 0.0707. The molecule has 1 saturated heterocycles. The van der Waals surface area contributed by atoms with E-state index in [0.29, 0.717) is 25.3 Å². The second kappa shape index (κ2) is 7.41. The Morgan fingerprint density at radius 3 is 2.96 bits per heavy atom. The second-order valence-corrected chi connectivity index (χ2v) is 5.80. The van der Waals surface area contributed by atoms with Gasteiger partial charge in [0.2, 0.25) is 0 Å². The standard InChI is InChI=1S/C16H23N3O4/c1-4-14-10-23-8-7-18(14)16(20)17-12(3)13-6-5-11(2)15(9-13)19(21)22/h5-6,9,12,14H,4,7-8,10H2,1-3H3,(H,17,20)/t12-,14-/m1/s1. The highest BCUT2D eigenvalue weighted by Crippen LogP contribution is 2.23. The number of morpholine rings is 1. The van der Waals surface area contributed by atoms with Gasteiger partial charge < -0.3 is 15.0 Å². The van der Waals surface area contributed by atoms with Crippen LogP contribution in [0.5, 0.6) is 0 Å². The number of hydrogen-bond donors (Lipinski definition) is 1. The van der Waals surface area contributed by atoms with Crippen molar-refractivity contribution in [1.29, 1.82) is 0 Å². The van der Waals surface area contributed by atoms with Gasteiger partial charge in [-0.15, -0.1) is 0 Å². The molecule has 2 rings (SSSR count). The number of aryl methyl sites for hydroxylation is 1. The molecule has 1 aliphatic heterocycles. The normalized spacial score (nSPS) is 19.3. The summed E-state index contributed by atoms with van der Waals surface area (Å²) in [5.74, 6) is 0. The maximum Gasteiger partial charge on any atom is 0.318 e. The Labute approximate surface area is 135 Å². The third-order valence-corrected chi connectivity index (χ3v) is 4.23. The van der Waals surface area contributed by atoms with Gasteiger partial charge in [0.1, 0.15) is 0 Å². The van der Waals surface area contributed by atoms with Crippen LogP contribution in [0.1, 0.15) is 37.4 Å². The van der Waals surface area contributed by atoms with E-state index in [1.54, 1.807) is 17.9 Å². The first-order valence-electron chi connectivity index (χ1n) is 7.83. The van der Waals surface area contributed by atoms with Crippen molar-refractivity contribution in [2.75, 3.05) is 19.8 Å². The number of nitro benzene ring substituents is 1. The van der Waals surface area contributed by atoms with Crippen LogP contribution in [0.2, 0.25) is 0 Å². The molecule has 0 bridgehead atoms. The van der Waals surface area contributed by atoms with E-state index in [9.17, 15) is 14.9 Å². The summed E-state index contributed by atoms with van der Waals surface area (Å²) in [6.45, 7) is 7.19. The van der Waals surface area contributed by atoms with Gasteiger partial charge in [-0.1, -0.05) is 19.1 Å². The molecular formula is C16H23N3O4. The molecule has 23 heavy (non-hydrogen) atoms. The number of rotatable bonds is 4. The highest BCUT2D eigenvalue weighted by atomic mass is 16.6. The molecule has 0 unspecified atom stereocenters. The average molecular weight is 321 g/mol. The molecule has 1 N–H and O–H groups in total. The number of carbonyl (C=O) groups is 1. The fourth-order valence-corrected chi connectivity index (χ4v) is 2.70. The first-order chi connectivity index (χ1) is 10.9. The van der Waals surface area contributed by atoms with E-state index in [2.05, 4.69) is 5.32 Å². The molecule has 1 aromatic rings. The van der Waals surface area contributed by atoms with Gasteiger partial charge >= 0.3 is 6.03 Å². The molecule has 0 aromatic heterocycles. The number of ether oxygens (including phenoxy) is 1. The van der Waals surface area contributed by atoms with Crippen LogP contribution in [0, 0.1) is 17.0 Å². The van der Waals surface area contributed by atoms with Gasteiger partial charge in [-0.05, 0) is 25.8 Å². The number of hydrogen-bond acceptors (Lipinski definition) is 4. The van der Waals surface area contributed by atoms with Crippen LogP contribution < -0.4 is 5.32 Å². The Morgan fingerprint density at radius 1 is 1.57 bits per heavy atom. The molecule has 0 radical (unpaired) electrons. The van der Waals surface area contributed by atoms with Crippen LogP contribution >= 0.6 is 0 Å². The maximum atomic E-state index is 12.5. The van der Waals surface area contributed by atoms with Crippen LogP contribution in [-0.4, -0.2) is 41.7 Å². The third-order valence-electron chi connectivity index (χ3n) is 4.23. The van der Waals surface area contributed by atoms with E-state index in [-0.39, 0.29) is 23.8 Å². The summed E-state index contributed by atoms with van der Waals surface area (Å²) in [7, 11) is 0. The van der Waals surface area contributed by atoms with Crippen molar-refractivity contribution in [1.82, 2.24) is 10.2 Å². The van der Waals surface area contributed by atoms with Crippen LogP contribution in [-0.2, 0) is 4.74 Å². The van der Waals surface area contributed by atoms with Gasteiger partial charge in [0.05, 0.1) is 30.2 Å². The third kappa shape index (κ3) is 3.98. The fraction of sp³-hybridized carbons (Fsp3) is 0.562.